The number of ketones is 1. The van der Waals surface area contributed by atoms with Crippen molar-refractivity contribution in [2.75, 3.05) is 5.75 Å². The molecule has 0 aromatic heterocycles. The molecule has 2 aliphatic rings. The summed E-state index contributed by atoms with van der Waals surface area (Å²) >= 11 is 0. The average molecular weight is 421 g/mol. The van der Waals surface area contributed by atoms with Crippen LogP contribution in [0.2, 0.25) is 0 Å². The summed E-state index contributed by atoms with van der Waals surface area (Å²) in [6.07, 6.45) is 8.88. The maximum absolute atomic E-state index is 12.7. The standard InChI is InChI=1S/C24H36O4S/c1-24(2,3)29(26,27)17-19-8-12-20(13-9-19)23(25)16-18-10-14-22(15-11-18)28-21-6-4-5-7-21/h10-11,14-15,19-21H,4-9,12-13,16-17H2,1-3H3. The van der Waals surface area contributed by atoms with Crippen molar-refractivity contribution in [2.24, 2.45) is 11.8 Å². The Balaban J connectivity index is 1.46. The topological polar surface area (TPSA) is 60.4 Å². The van der Waals surface area contributed by atoms with Crippen LogP contribution in [0.15, 0.2) is 24.3 Å². The summed E-state index contributed by atoms with van der Waals surface area (Å²) in [6.45, 7) is 5.30. The predicted molar refractivity (Wildman–Crippen MR) is 117 cm³/mol. The zero-order valence-corrected chi connectivity index (χ0v) is 19.0. The first kappa shape index (κ1) is 22.3. The second kappa shape index (κ2) is 9.20. The Morgan fingerprint density at radius 3 is 2.10 bits per heavy atom. The molecule has 0 radical (unpaired) electrons. The fourth-order valence-corrected chi connectivity index (χ4v) is 5.90. The summed E-state index contributed by atoms with van der Waals surface area (Å²) < 4.78 is 30.2. The summed E-state index contributed by atoms with van der Waals surface area (Å²) in [5.41, 5.74) is 1.03. The van der Waals surface area contributed by atoms with Crippen molar-refractivity contribution in [1.82, 2.24) is 0 Å². The maximum atomic E-state index is 12.7. The highest BCUT2D eigenvalue weighted by Crippen LogP contribution is 2.33. The molecule has 2 saturated carbocycles. The number of carbonyl (C=O) groups excluding carboxylic acids is 1. The van der Waals surface area contributed by atoms with Crippen molar-refractivity contribution >= 4 is 15.6 Å². The third-order valence-corrected chi connectivity index (χ3v) is 9.37. The summed E-state index contributed by atoms with van der Waals surface area (Å²) in [6, 6.07) is 7.97. The third-order valence-electron chi connectivity index (χ3n) is 6.60. The predicted octanol–water partition coefficient (Wildman–Crippen LogP) is 5.14. The Labute approximate surface area is 176 Å². The van der Waals surface area contributed by atoms with E-state index in [9.17, 15) is 13.2 Å². The summed E-state index contributed by atoms with van der Waals surface area (Å²) in [5.74, 6) is 1.69. The van der Waals surface area contributed by atoms with Crippen LogP contribution in [-0.4, -0.2) is 30.8 Å². The zero-order valence-electron chi connectivity index (χ0n) is 18.2. The molecule has 0 atom stereocenters. The smallest absolute Gasteiger partial charge is 0.155 e. The Kier molecular flexibility index (Phi) is 7.08. The van der Waals surface area contributed by atoms with Gasteiger partial charge in [0.1, 0.15) is 11.5 Å². The van der Waals surface area contributed by atoms with Gasteiger partial charge < -0.3 is 4.74 Å². The van der Waals surface area contributed by atoms with Gasteiger partial charge in [0, 0.05) is 12.3 Å². The number of rotatable bonds is 7. The van der Waals surface area contributed by atoms with Crippen molar-refractivity contribution in [2.45, 2.75) is 89.4 Å². The molecule has 0 saturated heterocycles. The second-order valence-electron chi connectivity index (χ2n) is 9.92. The molecule has 0 bridgehead atoms. The third kappa shape index (κ3) is 6.07. The average Bonchev–Trinajstić information content (AvgIpc) is 3.16. The van der Waals surface area contributed by atoms with E-state index in [4.69, 9.17) is 4.74 Å². The lowest BCUT2D eigenvalue weighted by Crippen LogP contribution is -2.35. The van der Waals surface area contributed by atoms with Gasteiger partial charge in [0.2, 0.25) is 0 Å². The van der Waals surface area contributed by atoms with Crippen molar-refractivity contribution in [3.63, 3.8) is 0 Å². The van der Waals surface area contributed by atoms with Gasteiger partial charge in [-0.1, -0.05) is 12.1 Å². The van der Waals surface area contributed by atoms with Gasteiger partial charge in [0.15, 0.2) is 9.84 Å². The lowest BCUT2D eigenvalue weighted by atomic mass is 9.79. The highest BCUT2D eigenvalue weighted by atomic mass is 32.2. The normalized spacial score (nSPS) is 23.8. The minimum atomic E-state index is -3.09. The number of ether oxygens (including phenoxy) is 1. The molecule has 0 N–H and O–H groups in total. The molecule has 29 heavy (non-hydrogen) atoms. The van der Waals surface area contributed by atoms with E-state index in [2.05, 4.69) is 0 Å². The molecule has 0 heterocycles. The molecule has 3 rings (SSSR count). The van der Waals surface area contributed by atoms with Crippen LogP contribution in [0.1, 0.15) is 77.7 Å². The largest absolute Gasteiger partial charge is 0.490 e. The Bertz CT molecular complexity index is 775. The van der Waals surface area contributed by atoms with Crippen LogP contribution < -0.4 is 4.74 Å². The van der Waals surface area contributed by atoms with E-state index in [-0.39, 0.29) is 23.4 Å². The van der Waals surface area contributed by atoms with Gasteiger partial charge in [0.05, 0.1) is 16.6 Å². The minimum absolute atomic E-state index is 0.0676. The van der Waals surface area contributed by atoms with Crippen LogP contribution in [-0.2, 0) is 21.1 Å². The zero-order chi connectivity index (χ0) is 21.1. The SMILES string of the molecule is CC(C)(C)S(=O)(=O)CC1CCC(C(=O)Cc2ccc(OC3CCCC3)cc2)CC1. The lowest BCUT2D eigenvalue weighted by molar-refractivity contribution is -0.123. The molecule has 5 heteroatoms. The molecule has 2 aliphatic carbocycles. The number of Topliss-reactive ketones (excluding diaryl/α,β-unsaturated/α-hetero) is 1. The van der Waals surface area contributed by atoms with E-state index in [0.717, 1.165) is 49.8 Å². The molecule has 0 spiro atoms. The Morgan fingerprint density at radius 2 is 1.55 bits per heavy atom. The van der Waals surface area contributed by atoms with Crippen LogP contribution in [0.3, 0.4) is 0 Å². The molecule has 162 valence electrons. The quantitative estimate of drug-likeness (QED) is 0.613. The number of hydrogen-bond donors (Lipinski definition) is 0. The highest BCUT2D eigenvalue weighted by molar-refractivity contribution is 7.92. The van der Waals surface area contributed by atoms with Gasteiger partial charge in [-0.3, -0.25) is 4.79 Å². The molecular formula is C24H36O4S. The molecule has 0 aliphatic heterocycles. The van der Waals surface area contributed by atoms with Gasteiger partial charge in [0.25, 0.3) is 0 Å². The summed E-state index contributed by atoms with van der Waals surface area (Å²) in [7, 11) is -3.09. The molecule has 1 aromatic rings. The van der Waals surface area contributed by atoms with Crippen molar-refractivity contribution in [1.29, 1.82) is 0 Å². The monoisotopic (exact) mass is 420 g/mol. The highest BCUT2D eigenvalue weighted by Gasteiger charge is 2.34. The van der Waals surface area contributed by atoms with Gasteiger partial charge in [-0.05, 0) is 95.8 Å². The first-order chi connectivity index (χ1) is 13.6. The van der Waals surface area contributed by atoms with E-state index < -0.39 is 14.6 Å². The molecular weight excluding hydrogens is 384 g/mol. The summed E-state index contributed by atoms with van der Waals surface area (Å²) in [5, 5.41) is 0. The van der Waals surface area contributed by atoms with Crippen LogP contribution >= 0.6 is 0 Å². The maximum Gasteiger partial charge on any atom is 0.155 e. The number of carbonyl (C=O) groups is 1. The molecule has 4 nitrogen and oxygen atoms in total. The number of benzene rings is 1. The Morgan fingerprint density at radius 1 is 0.966 bits per heavy atom. The minimum Gasteiger partial charge on any atom is -0.490 e. The second-order valence-corrected chi connectivity index (χ2v) is 12.7. The van der Waals surface area contributed by atoms with E-state index in [0.29, 0.717) is 12.5 Å². The Hall–Kier alpha value is -1.36. The first-order valence-electron chi connectivity index (χ1n) is 11.1. The van der Waals surface area contributed by atoms with E-state index >= 15 is 0 Å². The lowest BCUT2D eigenvalue weighted by Gasteiger charge is -2.30. The van der Waals surface area contributed by atoms with Gasteiger partial charge in [-0.25, -0.2) is 8.42 Å². The van der Waals surface area contributed by atoms with Gasteiger partial charge in [-0.2, -0.15) is 0 Å². The van der Waals surface area contributed by atoms with Crippen molar-refractivity contribution < 1.29 is 17.9 Å². The molecule has 0 unspecified atom stereocenters. The fourth-order valence-electron chi connectivity index (χ4n) is 4.44. The van der Waals surface area contributed by atoms with Crippen molar-refractivity contribution in [3.05, 3.63) is 29.8 Å². The van der Waals surface area contributed by atoms with E-state index in [1.165, 1.54) is 12.8 Å². The summed E-state index contributed by atoms with van der Waals surface area (Å²) in [4.78, 5) is 12.7. The van der Waals surface area contributed by atoms with Crippen LogP contribution in [0, 0.1) is 11.8 Å². The number of sulfone groups is 1. The molecule has 1 aromatic carbocycles. The van der Waals surface area contributed by atoms with Crippen molar-refractivity contribution in [3.8, 4) is 5.75 Å². The number of hydrogen-bond acceptors (Lipinski definition) is 4. The van der Waals surface area contributed by atoms with Gasteiger partial charge >= 0.3 is 0 Å². The van der Waals surface area contributed by atoms with E-state index in [1.54, 1.807) is 20.8 Å². The first-order valence-corrected chi connectivity index (χ1v) is 12.8. The molecule has 2 fully saturated rings. The van der Waals surface area contributed by atoms with Crippen LogP contribution in [0.25, 0.3) is 0 Å². The van der Waals surface area contributed by atoms with Gasteiger partial charge in [-0.15, -0.1) is 0 Å². The van der Waals surface area contributed by atoms with Crippen LogP contribution in [0.5, 0.6) is 5.75 Å². The van der Waals surface area contributed by atoms with E-state index in [1.807, 2.05) is 24.3 Å². The van der Waals surface area contributed by atoms with Crippen LogP contribution in [0.4, 0.5) is 0 Å². The molecule has 0 amide bonds. The fraction of sp³-hybridized carbons (Fsp3) is 0.708.